The predicted octanol–water partition coefficient (Wildman–Crippen LogP) is 1.93. The Kier molecular flexibility index (Phi) is 5.45. The third-order valence-corrected chi connectivity index (χ3v) is 3.62. The van der Waals surface area contributed by atoms with Gasteiger partial charge in [0.05, 0.1) is 22.5 Å². The van der Waals surface area contributed by atoms with Gasteiger partial charge in [0.25, 0.3) is 5.69 Å². The van der Waals surface area contributed by atoms with Gasteiger partial charge in [-0.25, -0.2) is 9.78 Å². The first kappa shape index (κ1) is 17.4. The van der Waals surface area contributed by atoms with E-state index in [4.69, 9.17) is 4.74 Å². The van der Waals surface area contributed by atoms with Crippen LogP contribution in [0, 0.1) is 20.2 Å². The molecule has 1 aliphatic heterocycles. The van der Waals surface area contributed by atoms with Gasteiger partial charge in [-0.3, -0.25) is 20.2 Å². The Morgan fingerprint density at radius 1 is 1.38 bits per heavy atom. The lowest BCUT2D eigenvalue weighted by Crippen LogP contribution is -2.42. The molecule has 1 amide bonds. The molecule has 0 radical (unpaired) electrons. The molecule has 2 heterocycles. The van der Waals surface area contributed by atoms with Crippen LogP contribution >= 0.6 is 0 Å². The van der Waals surface area contributed by atoms with Gasteiger partial charge in [-0.1, -0.05) is 0 Å². The molecule has 0 atom stereocenters. The molecule has 0 aliphatic carbocycles. The maximum absolute atomic E-state index is 11.6. The molecule has 1 aliphatic rings. The lowest BCUT2D eigenvalue weighted by atomic mass is 10.1. The number of ether oxygens (including phenoxy) is 1. The number of rotatable bonds is 5. The zero-order valence-electron chi connectivity index (χ0n) is 13.0. The third kappa shape index (κ3) is 4.06. The van der Waals surface area contributed by atoms with Crippen LogP contribution in [0.5, 0.6) is 0 Å². The molecule has 0 spiro atoms. The van der Waals surface area contributed by atoms with E-state index in [0.717, 1.165) is 12.3 Å². The first-order valence-electron chi connectivity index (χ1n) is 7.39. The van der Waals surface area contributed by atoms with Crippen molar-refractivity contribution in [1.82, 2.24) is 9.88 Å². The molecular formula is C13H17N5O6. The normalized spacial score (nSPS) is 15.0. The number of nitrogens with one attached hydrogen (secondary N) is 1. The molecule has 11 heteroatoms. The molecular weight excluding hydrogens is 322 g/mol. The van der Waals surface area contributed by atoms with Gasteiger partial charge in [0.15, 0.2) is 0 Å². The van der Waals surface area contributed by atoms with Crippen molar-refractivity contribution >= 4 is 23.3 Å². The number of carbonyl (C=O) groups is 1. The van der Waals surface area contributed by atoms with Crippen molar-refractivity contribution < 1.29 is 19.4 Å². The van der Waals surface area contributed by atoms with Crippen LogP contribution in [0.15, 0.2) is 12.3 Å². The number of nitrogens with zero attached hydrogens (tertiary/aromatic N) is 4. The Balaban J connectivity index is 2.03. The van der Waals surface area contributed by atoms with Gasteiger partial charge in [0.2, 0.25) is 5.82 Å². The summed E-state index contributed by atoms with van der Waals surface area (Å²) < 4.78 is 4.92. The van der Waals surface area contributed by atoms with E-state index >= 15 is 0 Å². The topological polar surface area (TPSA) is 141 Å². The van der Waals surface area contributed by atoms with Crippen LogP contribution in [0.4, 0.5) is 22.0 Å². The minimum absolute atomic E-state index is 0.0137. The van der Waals surface area contributed by atoms with E-state index in [1.165, 1.54) is 0 Å². The van der Waals surface area contributed by atoms with Crippen molar-refractivity contribution in [2.75, 3.05) is 25.0 Å². The van der Waals surface area contributed by atoms with Gasteiger partial charge in [0.1, 0.15) is 6.20 Å². The van der Waals surface area contributed by atoms with E-state index in [0.29, 0.717) is 32.5 Å². The Labute approximate surface area is 136 Å². The first-order valence-corrected chi connectivity index (χ1v) is 7.39. The second-order valence-electron chi connectivity index (χ2n) is 5.18. The summed E-state index contributed by atoms with van der Waals surface area (Å²) in [6.07, 6.45) is 1.72. The van der Waals surface area contributed by atoms with E-state index in [-0.39, 0.29) is 18.0 Å². The zero-order valence-corrected chi connectivity index (χ0v) is 13.0. The highest BCUT2D eigenvalue weighted by Gasteiger charge is 2.27. The van der Waals surface area contributed by atoms with Crippen LogP contribution in [-0.4, -0.2) is 51.6 Å². The number of nitro groups is 2. The van der Waals surface area contributed by atoms with Crippen LogP contribution in [0.2, 0.25) is 0 Å². The SMILES string of the molecule is CCOC(=O)N1CCC(Nc2ncc([N+](=O)[O-])cc2[N+](=O)[O-])CC1. The fraction of sp³-hybridized carbons (Fsp3) is 0.538. The maximum Gasteiger partial charge on any atom is 0.409 e. The fourth-order valence-electron chi connectivity index (χ4n) is 2.41. The number of pyridine rings is 1. The average molecular weight is 339 g/mol. The monoisotopic (exact) mass is 339 g/mol. The number of anilines is 1. The van der Waals surface area contributed by atoms with Crippen molar-refractivity contribution in [2.24, 2.45) is 0 Å². The van der Waals surface area contributed by atoms with Gasteiger partial charge in [-0.2, -0.15) is 0 Å². The number of likely N-dealkylation sites (tertiary alicyclic amines) is 1. The predicted molar refractivity (Wildman–Crippen MR) is 82.8 cm³/mol. The summed E-state index contributed by atoms with van der Waals surface area (Å²) in [5.74, 6) is -0.0137. The standard InChI is InChI=1S/C13H17N5O6/c1-2-24-13(19)16-5-3-9(4-6-16)15-12-11(18(22)23)7-10(8-14-12)17(20)21/h7-9H,2-6H2,1H3,(H,14,15). The van der Waals surface area contributed by atoms with Gasteiger partial charge in [-0.05, 0) is 19.8 Å². The highest BCUT2D eigenvalue weighted by molar-refractivity contribution is 5.67. The van der Waals surface area contributed by atoms with E-state index in [1.54, 1.807) is 11.8 Å². The van der Waals surface area contributed by atoms with E-state index in [9.17, 15) is 25.0 Å². The fourth-order valence-corrected chi connectivity index (χ4v) is 2.41. The molecule has 2 rings (SSSR count). The molecule has 0 saturated carbocycles. The molecule has 1 N–H and O–H groups in total. The number of hydrogen-bond acceptors (Lipinski definition) is 8. The number of aromatic nitrogens is 1. The summed E-state index contributed by atoms with van der Waals surface area (Å²) in [6, 6.07) is 0.756. The van der Waals surface area contributed by atoms with Crippen molar-refractivity contribution in [3.8, 4) is 0 Å². The van der Waals surface area contributed by atoms with Crippen LogP contribution in [-0.2, 0) is 4.74 Å². The first-order chi connectivity index (χ1) is 11.4. The van der Waals surface area contributed by atoms with Crippen molar-refractivity contribution in [3.05, 3.63) is 32.5 Å². The van der Waals surface area contributed by atoms with Crippen LogP contribution in [0.25, 0.3) is 0 Å². The molecule has 1 fully saturated rings. The second-order valence-corrected chi connectivity index (χ2v) is 5.18. The highest BCUT2D eigenvalue weighted by atomic mass is 16.6. The summed E-state index contributed by atoms with van der Waals surface area (Å²) >= 11 is 0. The second kappa shape index (κ2) is 7.53. The number of amides is 1. The highest BCUT2D eigenvalue weighted by Crippen LogP contribution is 2.28. The smallest absolute Gasteiger partial charge is 0.409 e. The Hall–Kier alpha value is -2.98. The molecule has 1 saturated heterocycles. The molecule has 1 aromatic rings. The summed E-state index contributed by atoms with van der Waals surface area (Å²) in [4.78, 5) is 37.3. The maximum atomic E-state index is 11.6. The Bertz CT molecular complexity index is 644. The van der Waals surface area contributed by atoms with E-state index in [1.807, 2.05) is 0 Å². The Morgan fingerprint density at radius 3 is 2.58 bits per heavy atom. The van der Waals surface area contributed by atoms with Gasteiger partial charge >= 0.3 is 11.8 Å². The van der Waals surface area contributed by atoms with E-state index in [2.05, 4.69) is 10.3 Å². The lowest BCUT2D eigenvalue weighted by molar-refractivity contribution is -0.394. The molecule has 24 heavy (non-hydrogen) atoms. The van der Waals surface area contributed by atoms with Crippen molar-refractivity contribution in [3.63, 3.8) is 0 Å². The van der Waals surface area contributed by atoms with Crippen molar-refractivity contribution in [2.45, 2.75) is 25.8 Å². The summed E-state index contributed by atoms with van der Waals surface area (Å²) in [5.41, 5.74) is -0.888. The largest absolute Gasteiger partial charge is 0.450 e. The molecule has 130 valence electrons. The minimum Gasteiger partial charge on any atom is -0.450 e. The van der Waals surface area contributed by atoms with Gasteiger partial charge in [-0.15, -0.1) is 0 Å². The Morgan fingerprint density at radius 2 is 2.04 bits per heavy atom. The molecule has 0 bridgehead atoms. The zero-order chi connectivity index (χ0) is 17.7. The molecule has 1 aromatic heterocycles. The number of hydrogen-bond donors (Lipinski definition) is 1. The number of piperidine rings is 1. The van der Waals surface area contributed by atoms with Crippen LogP contribution in [0.3, 0.4) is 0 Å². The van der Waals surface area contributed by atoms with Gasteiger partial charge in [0, 0.05) is 19.1 Å². The lowest BCUT2D eigenvalue weighted by Gasteiger charge is -2.31. The minimum atomic E-state index is -0.735. The summed E-state index contributed by atoms with van der Waals surface area (Å²) in [6.45, 7) is 2.94. The average Bonchev–Trinajstić information content (AvgIpc) is 2.55. The third-order valence-electron chi connectivity index (χ3n) is 3.62. The van der Waals surface area contributed by atoms with Crippen molar-refractivity contribution in [1.29, 1.82) is 0 Å². The summed E-state index contributed by atoms with van der Waals surface area (Å²) in [7, 11) is 0. The van der Waals surface area contributed by atoms with Crippen LogP contribution < -0.4 is 5.32 Å². The van der Waals surface area contributed by atoms with Crippen LogP contribution in [0.1, 0.15) is 19.8 Å². The van der Waals surface area contributed by atoms with Gasteiger partial charge < -0.3 is 15.0 Å². The quantitative estimate of drug-likeness (QED) is 0.633. The number of carbonyl (C=O) groups excluding carboxylic acids is 1. The molecule has 0 aromatic carbocycles. The van der Waals surface area contributed by atoms with E-state index < -0.39 is 21.2 Å². The molecule has 11 nitrogen and oxygen atoms in total. The molecule has 0 unspecified atom stereocenters. The summed E-state index contributed by atoms with van der Waals surface area (Å²) in [5, 5.41) is 24.7.